The summed E-state index contributed by atoms with van der Waals surface area (Å²) in [4.78, 5) is 39.7. The highest BCUT2D eigenvalue weighted by atomic mass is 16.5. The number of hydrogen-bond donors (Lipinski definition) is 1. The fourth-order valence-electron chi connectivity index (χ4n) is 11.2. The second-order valence-corrected chi connectivity index (χ2v) is 18.1. The Hall–Kier alpha value is -2.71. The van der Waals surface area contributed by atoms with E-state index in [0.29, 0.717) is 44.1 Å². The Morgan fingerprint density at radius 3 is 2.41 bits per heavy atom. The lowest BCUT2D eigenvalue weighted by molar-refractivity contribution is -0.156. The quantitative estimate of drug-likeness (QED) is 0.0806. The van der Waals surface area contributed by atoms with Gasteiger partial charge in [0.1, 0.15) is 12.7 Å². The van der Waals surface area contributed by atoms with E-state index in [1.807, 2.05) is 30.3 Å². The number of esters is 2. The summed E-state index contributed by atoms with van der Waals surface area (Å²) in [6.45, 7) is 14.4. The fourth-order valence-corrected chi connectivity index (χ4v) is 11.2. The highest BCUT2D eigenvalue weighted by molar-refractivity contribution is 5.87. The third kappa shape index (κ3) is 10.8. The smallest absolute Gasteiger partial charge is 0.306 e. The van der Waals surface area contributed by atoms with Gasteiger partial charge in [0.25, 0.3) is 0 Å². The van der Waals surface area contributed by atoms with E-state index >= 15 is 0 Å². The van der Waals surface area contributed by atoms with Gasteiger partial charge in [-0.1, -0.05) is 95.9 Å². The zero-order valence-corrected chi connectivity index (χ0v) is 34.4. The molecule has 4 aliphatic carbocycles. The first-order chi connectivity index (χ1) is 25.9. The van der Waals surface area contributed by atoms with Crippen LogP contribution in [0.25, 0.3) is 0 Å². The molecule has 1 amide bonds. The Labute approximate surface area is 326 Å². The van der Waals surface area contributed by atoms with Crippen LogP contribution < -0.4 is 5.32 Å². The Bertz CT molecular complexity index is 1390. The van der Waals surface area contributed by atoms with E-state index in [1.54, 1.807) is 7.11 Å². The van der Waals surface area contributed by atoms with Crippen LogP contribution in [-0.4, -0.2) is 57.4 Å². The van der Waals surface area contributed by atoms with Crippen molar-refractivity contribution in [1.82, 2.24) is 5.32 Å². The van der Waals surface area contributed by atoms with Crippen LogP contribution in [0.3, 0.4) is 0 Å². The Kier molecular flexibility index (Phi) is 15.7. The normalized spacial score (nSPS) is 30.0. The topological polar surface area (TPSA) is 100 Å². The van der Waals surface area contributed by atoms with Crippen LogP contribution in [0.15, 0.2) is 42.0 Å². The Balaban J connectivity index is 1.15. The molecule has 54 heavy (non-hydrogen) atoms. The second-order valence-electron chi connectivity index (χ2n) is 18.1. The van der Waals surface area contributed by atoms with Gasteiger partial charge in [0, 0.05) is 26.7 Å². The third-order valence-electron chi connectivity index (χ3n) is 14.2. The minimum atomic E-state index is -0.872. The summed E-state index contributed by atoms with van der Waals surface area (Å²) < 4.78 is 22.1. The highest BCUT2D eigenvalue weighted by Gasteiger charge is 2.59. The van der Waals surface area contributed by atoms with Crippen LogP contribution in [-0.2, 0) is 39.9 Å². The maximum atomic E-state index is 13.5. The molecule has 1 N–H and O–H groups in total. The van der Waals surface area contributed by atoms with Crippen molar-refractivity contribution in [2.45, 2.75) is 137 Å². The van der Waals surface area contributed by atoms with Crippen molar-refractivity contribution in [2.75, 3.05) is 33.5 Å². The summed E-state index contributed by atoms with van der Waals surface area (Å²) >= 11 is 0. The molecule has 8 heteroatoms. The highest BCUT2D eigenvalue weighted by Crippen LogP contribution is 2.67. The van der Waals surface area contributed by atoms with Crippen LogP contribution in [0.4, 0.5) is 0 Å². The number of benzene rings is 1. The van der Waals surface area contributed by atoms with Crippen LogP contribution in [0.2, 0.25) is 0 Å². The van der Waals surface area contributed by atoms with Gasteiger partial charge in [-0.05, 0) is 103 Å². The molecule has 0 heterocycles. The molecule has 4 aliphatic rings. The van der Waals surface area contributed by atoms with Crippen molar-refractivity contribution >= 4 is 17.8 Å². The number of carbonyl (C=O) groups excluding carboxylic acids is 3. The molecule has 5 unspecified atom stereocenters. The number of fused-ring (bicyclic) bond motifs is 5. The van der Waals surface area contributed by atoms with E-state index in [2.05, 4.69) is 46.0 Å². The molecule has 3 fully saturated rings. The number of nitrogens with one attached hydrogen (secondary N) is 1. The van der Waals surface area contributed by atoms with Crippen molar-refractivity contribution in [2.24, 2.45) is 52.3 Å². The largest absolute Gasteiger partial charge is 0.462 e. The molecule has 1 aromatic carbocycles. The van der Waals surface area contributed by atoms with Crippen molar-refractivity contribution in [3.05, 3.63) is 47.5 Å². The molecule has 0 bridgehead atoms. The van der Waals surface area contributed by atoms with Gasteiger partial charge in [0.05, 0.1) is 32.0 Å². The van der Waals surface area contributed by atoms with E-state index < -0.39 is 17.9 Å². The average Bonchev–Trinajstić information content (AvgIpc) is 3.51. The predicted molar refractivity (Wildman–Crippen MR) is 212 cm³/mol. The second kappa shape index (κ2) is 19.9. The van der Waals surface area contributed by atoms with Gasteiger partial charge in [-0.3, -0.25) is 14.4 Å². The molecule has 0 saturated heterocycles. The lowest BCUT2D eigenvalue weighted by Gasteiger charge is -2.58. The van der Waals surface area contributed by atoms with Crippen molar-refractivity contribution in [3.8, 4) is 0 Å². The van der Waals surface area contributed by atoms with Gasteiger partial charge in [0.15, 0.2) is 0 Å². The monoisotopic (exact) mass is 750 g/mol. The third-order valence-corrected chi connectivity index (χ3v) is 14.2. The SMILES string of the molecule is COCCOCCCNC(=O)C(CC(=O)OCc1ccccc1)CC(=O)O[C@H]1CC[C@@]2(C)C(=CCC3C4CCC([C@H](C)CCCC(C)C)[C@@]4(C)CCC32)C1. The summed E-state index contributed by atoms with van der Waals surface area (Å²) in [5.41, 5.74) is 2.96. The van der Waals surface area contributed by atoms with Gasteiger partial charge in [-0.25, -0.2) is 0 Å². The number of allylic oxidation sites excluding steroid dienone is 1. The van der Waals surface area contributed by atoms with Gasteiger partial charge >= 0.3 is 11.9 Å². The number of hydrogen-bond acceptors (Lipinski definition) is 7. The summed E-state index contributed by atoms with van der Waals surface area (Å²) in [7, 11) is 1.62. The first kappa shape index (κ1) is 42.4. The maximum absolute atomic E-state index is 13.5. The molecule has 3 saturated carbocycles. The fraction of sp³-hybridized carbons (Fsp3) is 0.761. The minimum absolute atomic E-state index is 0.118. The van der Waals surface area contributed by atoms with Gasteiger partial charge in [-0.2, -0.15) is 0 Å². The molecule has 0 aliphatic heterocycles. The first-order valence-corrected chi connectivity index (χ1v) is 21.4. The number of methoxy groups -OCH3 is 1. The molecule has 0 spiro atoms. The molecular weight excluding hydrogens is 679 g/mol. The van der Waals surface area contributed by atoms with Crippen molar-refractivity contribution < 1.29 is 33.3 Å². The maximum Gasteiger partial charge on any atom is 0.306 e. The molecule has 1 aromatic rings. The lowest BCUT2D eigenvalue weighted by atomic mass is 9.47. The number of ether oxygens (including phenoxy) is 4. The Morgan fingerprint density at radius 1 is 0.870 bits per heavy atom. The van der Waals surface area contributed by atoms with E-state index in [-0.39, 0.29) is 36.9 Å². The van der Waals surface area contributed by atoms with Crippen LogP contribution >= 0.6 is 0 Å². The van der Waals surface area contributed by atoms with E-state index in [0.717, 1.165) is 60.8 Å². The summed E-state index contributed by atoms with van der Waals surface area (Å²) in [5.74, 6) is 2.55. The molecule has 0 aromatic heterocycles. The number of rotatable bonds is 20. The van der Waals surface area contributed by atoms with Crippen LogP contribution in [0.5, 0.6) is 0 Å². The van der Waals surface area contributed by atoms with Crippen molar-refractivity contribution in [1.29, 1.82) is 0 Å². The summed E-state index contributed by atoms with van der Waals surface area (Å²) in [5, 5.41) is 2.90. The first-order valence-electron chi connectivity index (χ1n) is 21.4. The minimum Gasteiger partial charge on any atom is -0.462 e. The average molecular weight is 750 g/mol. The van der Waals surface area contributed by atoms with Crippen molar-refractivity contribution in [3.63, 3.8) is 0 Å². The van der Waals surface area contributed by atoms with E-state index in [4.69, 9.17) is 18.9 Å². The summed E-state index contributed by atoms with van der Waals surface area (Å²) in [6.07, 6.45) is 15.9. The number of carbonyl (C=O) groups is 3. The van der Waals surface area contributed by atoms with Gasteiger partial charge in [-0.15, -0.1) is 0 Å². The van der Waals surface area contributed by atoms with Crippen LogP contribution in [0.1, 0.15) is 130 Å². The standard InChI is InChI=1S/C46H71NO7/c1-32(2)12-10-13-33(3)39-18-19-40-38-17-16-36-30-37(20-22-45(36,4)41(38)21-23-46(39,40)5)54-43(49)29-35(44(50)47-24-11-25-52-27-26-51-6)28-42(48)53-31-34-14-8-7-9-15-34/h7-9,14-16,32-33,35,37-41H,10-13,17-31H2,1-6H3,(H,47,50)/t33-,35?,37+,38?,39?,40?,41?,45+,46-/m1/s1. The molecular formula is C46H71NO7. The van der Waals surface area contributed by atoms with E-state index in [1.165, 1.54) is 50.5 Å². The van der Waals surface area contributed by atoms with E-state index in [9.17, 15) is 14.4 Å². The lowest BCUT2D eigenvalue weighted by Crippen LogP contribution is -2.51. The molecule has 302 valence electrons. The Morgan fingerprint density at radius 2 is 1.65 bits per heavy atom. The molecule has 0 radical (unpaired) electrons. The zero-order chi connectivity index (χ0) is 38.7. The van der Waals surface area contributed by atoms with Gasteiger partial charge < -0.3 is 24.3 Å². The summed E-state index contributed by atoms with van der Waals surface area (Å²) in [6, 6.07) is 9.44. The zero-order valence-electron chi connectivity index (χ0n) is 34.4. The molecule has 8 nitrogen and oxygen atoms in total. The van der Waals surface area contributed by atoms with Crippen LogP contribution in [0, 0.1) is 52.3 Å². The number of amides is 1. The molecule has 5 rings (SSSR count). The predicted octanol–water partition coefficient (Wildman–Crippen LogP) is 9.25. The molecule has 9 atom stereocenters. The van der Waals surface area contributed by atoms with Gasteiger partial charge in [0.2, 0.25) is 5.91 Å².